The maximum Gasteiger partial charge on any atom is 0.356 e. The van der Waals surface area contributed by atoms with Crippen LogP contribution in [0.15, 0.2) is 30.6 Å². The first-order valence-electron chi connectivity index (χ1n) is 8.84. The molecule has 0 aliphatic heterocycles. The highest BCUT2D eigenvalue weighted by Crippen LogP contribution is 2.27. The van der Waals surface area contributed by atoms with Gasteiger partial charge in [0.1, 0.15) is 5.75 Å². The largest absolute Gasteiger partial charge is 0.495 e. The molecule has 1 aromatic carbocycles. The van der Waals surface area contributed by atoms with E-state index in [1.165, 1.54) is 25.6 Å². The lowest BCUT2D eigenvalue weighted by Gasteiger charge is -2.15. The fourth-order valence-electron chi connectivity index (χ4n) is 3.13. The summed E-state index contributed by atoms with van der Waals surface area (Å²) in [6, 6.07) is 4.81. The molecule has 0 atom stereocenters. The van der Waals surface area contributed by atoms with Gasteiger partial charge in [0, 0.05) is 24.0 Å². The molecule has 2 aromatic rings. The Morgan fingerprint density at radius 3 is 2.39 bits per heavy atom. The molecule has 1 aliphatic carbocycles. The monoisotopic (exact) mass is 384 g/mol. The van der Waals surface area contributed by atoms with E-state index >= 15 is 0 Å². The maximum absolute atomic E-state index is 12.5. The zero-order valence-electron chi connectivity index (χ0n) is 15.3. The van der Waals surface area contributed by atoms with Crippen molar-refractivity contribution in [1.82, 2.24) is 15.3 Å². The van der Waals surface area contributed by atoms with E-state index in [0.29, 0.717) is 11.3 Å². The topological polar surface area (TPSA) is 131 Å². The molecule has 9 heteroatoms. The quantitative estimate of drug-likeness (QED) is 0.695. The number of nitrogens with zero attached hydrogens (tertiary/aromatic N) is 2. The van der Waals surface area contributed by atoms with Gasteiger partial charge in [0.15, 0.2) is 11.4 Å². The lowest BCUT2D eigenvalue weighted by molar-refractivity contribution is 0.0684. The summed E-state index contributed by atoms with van der Waals surface area (Å²) in [5.74, 6) is -2.05. The molecular weight excluding hydrogens is 364 g/mol. The molecule has 3 rings (SSSR count). The number of anilines is 1. The van der Waals surface area contributed by atoms with Crippen molar-refractivity contribution in [3.63, 3.8) is 0 Å². The lowest BCUT2D eigenvalue weighted by Crippen LogP contribution is -2.32. The van der Waals surface area contributed by atoms with Gasteiger partial charge in [-0.1, -0.05) is 12.8 Å². The Bertz CT molecular complexity index is 909. The minimum Gasteiger partial charge on any atom is -0.495 e. The number of nitrogens with one attached hydrogen (secondary N) is 2. The summed E-state index contributed by atoms with van der Waals surface area (Å²) in [5, 5.41) is 14.7. The molecule has 0 radical (unpaired) electrons. The average Bonchev–Trinajstić information content (AvgIpc) is 3.20. The predicted octanol–water partition coefficient (Wildman–Crippen LogP) is 2.11. The van der Waals surface area contributed by atoms with Crippen molar-refractivity contribution in [2.24, 2.45) is 0 Å². The van der Waals surface area contributed by atoms with Gasteiger partial charge < -0.3 is 20.5 Å². The first kappa shape index (κ1) is 19.3. The van der Waals surface area contributed by atoms with Crippen LogP contribution in [-0.2, 0) is 0 Å². The zero-order valence-corrected chi connectivity index (χ0v) is 15.3. The van der Waals surface area contributed by atoms with E-state index in [9.17, 15) is 19.5 Å². The van der Waals surface area contributed by atoms with Gasteiger partial charge in [-0.15, -0.1) is 0 Å². The minimum absolute atomic E-state index is 0.158. The number of ether oxygens (including phenoxy) is 1. The third-order valence-corrected chi connectivity index (χ3v) is 4.52. The van der Waals surface area contributed by atoms with E-state index in [1.807, 2.05) is 0 Å². The van der Waals surface area contributed by atoms with Gasteiger partial charge >= 0.3 is 5.97 Å². The first-order valence-corrected chi connectivity index (χ1v) is 8.84. The van der Waals surface area contributed by atoms with Crippen molar-refractivity contribution >= 4 is 23.5 Å². The van der Waals surface area contributed by atoms with Crippen molar-refractivity contribution in [3.8, 4) is 5.75 Å². The molecule has 0 saturated heterocycles. The highest BCUT2D eigenvalue weighted by molar-refractivity contribution is 6.09. The van der Waals surface area contributed by atoms with Gasteiger partial charge in [0.05, 0.1) is 12.8 Å². The van der Waals surface area contributed by atoms with Crippen molar-refractivity contribution in [1.29, 1.82) is 0 Å². The summed E-state index contributed by atoms with van der Waals surface area (Å²) in [4.78, 5) is 43.7. The van der Waals surface area contributed by atoms with Gasteiger partial charge in [-0.2, -0.15) is 0 Å². The second kappa shape index (κ2) is 8.47. The number of hydrogen-bond donors (Lipinski definition) is 3. The molecular formula is C19H20N4O5. The molecule has 3 N–H and O–H groups in total. The van der Waals surface area contributed by atoms with E-state index in [4.69, 9.17) is 4.74 Å². The van der Waals surface area contributed by atoms with E-state index in [1.54, 1.807) is 12.1 Å². The summed E-state index contributed by atoms with van der Waals surface area (Å²) in [7, 11) is 1.42. The smallest absolute Gasteiger partial charge is 0.356 e. The van der Waals surface area contributed by atoms with Crippen molar-refractivity contribution in [2.75, 3.05) is 12.4 Å². The van der Waals surface area contributed by atoms with Gasteiger partial charge in [-0.05, 0) is 31.0 Å². The highest BCUT2D eigenvalue weighted by Gasteiger charge is 2.22. The Labute approximate surface area is 161 Å². The van der Waals surface area contributed by atoms with Crippen LogP contribution in [0.4, 0.5) is 5.69 Å². The van der Waals surface area contributed by atoms with Gasteiger partial charge in [-0.25, -0.2) is 14.8 Å². The summed E-state index contributed by atoms with van der Waals surface area (Å²) >= 11 is 0. The number of carbonyl (C=O) groups is 3. The van der Waals surface area contributed by atoms with Crippen LogP contribution in [0.3, 0.4) is 0 Å². The minimum atomic E-state index is -1.37. The number of rotatable bonds is 6. The van der Waals surface area contributed by atoms with Crippen LogP contribution in [0, 0.1) is 0 Å². The Kier molecular flexibility index (Phi) is 5.83. The fourth-order valence-corrected chi connectivity index (χ4v) is 3.13. The normalized spacial score (nSPS) is 13.8. The molecule has 1 fully saturated rings. The number of methoxy groups -OCH3 is 1. The molecule has 1 aromatic heterocycles. The molecule has 2 amide bonds. The third-order valence-electron chi connectivity index (χ3n) is 4.52. The summed E-state index contributed by atoms with van der Waals surface area (Å²) in [6.45, 7) is 0. The summed E-state index contributed by atoms with van der Waals surface area (Å²) in [5.41, 5.74) is -0.207. The van der Waals surface area contributed by atoms with Gasteiger partial charge in [0.2, 0.25) is 0 Å². The van der Waals surface area contributed by atoms with Crippen LogP contribution in [0.5, 0.6) is 5.75 Å². The molecule has 146 valence electrons. The zero-order chi connectivity index (χ0) is 20.1. The molecule has 1 heterocycles. The summed E-state index contributed by atoms with van der Waals surface area (Å²) in [6.07, 6.45) is 6.52. The summed E-state index contributed by atoms with van der Waals surface area (Å²) < 4.78 is 5.23. The second-order valence-electron chi connectivity index (χ2n) is 6.38. The molecule has 9 nitrogen and oxygen atoms in total. The number of amides is 2. The van der Waals surface area contributed by atoms with Crippen LogP contribution in [0.2, 0.25) is 0 Å². The number of carboxylic acids is 1. The van der Waals surface area contributed by atoms with Crippen molar-refractivity contribution < 1.29 is 24.2 Å². The standard InChI is InChI=1S/C19H20N4O5/c1-28-14-7-6-11(17(24)22-12-4-2-3-5-12)10-13(14)23-18(25)15-16(19(26)27)21-9-8-20-15/h6-10,12H,2-5H2,1H3,(H,22,24)(H,23,25)(H,26,27). The van der Waals surface area contributed by atoms with Crippen LogP contribution < -0.4 is 15.4 Å². The predicted molar refractivity (Wildman–Crippen MR) is 99.7 cm³/mol. The second-order valence-corrected chi connectivity index (χ2v) is 6.38. The van der Waals surface area contributed by atoms with Gasteiger partial charge in [0.25, 0.3) is 11.8 Å². The van der Waals surface area contributed by atoms with Crippen LogP contribution >= 0.6 is 0 Å². The number of hydrogen-bond acceptors (Lipinski definition) is 6. The molecule has 0 bridgehead atoms. The van der Waals surface area contributed by atoms with E-state index in [-0.39, 0.29) is 23.3 Å². The number of carbonyl (C=O) groups excluding carboxylic acids is 2. The lowest BCUT2D eigenvalue weighted by atomic mass is 10.1. The van der Waals surface area contributed by atoms with Gasteiger partial charge in [-0.3, -0.25) is 9.59 Å². The number of aromatic carboxylic acids is 1. The van der Waals surface area contributed by atoms with Crippen LogP contribution in [0.1, 0.15) is 57.0 Å². The number of carboxylic acid groups (broad SMARTS) is 1. The highest BCUT2D eigenvalue weighted by atomic mass is 16.5. The molecule has 1 saturated carbocycles. The van der Waals surface area contributed by atoms with E-state index in [2.05, 4.69) is 20.6 Å². The van der Waals surface area contributed by atoms with Crippen LogP contribution in [-0.4, -0.2) is 46.0 Å². The Balaban J connectivity index is 1.83. The number of benzene rings is 1. The Morgan fingerprint density at radius 1 is 1.07 bits per heavy atom. The first-order chi connectivity index (χ1) is 13.5. The average molecular weight is 384 g/mol. The van der Waals surface area contributed by atoms with E-state index < -0.39 is 17.6 Å². The molecule has 28 heavy (non-hydrogen) atoms. The van der Waals surface area contributed by atoms with Crippen LogP contribution in [0.25, 0.3) is 0 Å². The van der Waals surface area contributed by atoms with E-state index in [0.717, 1.165) is 25.7 Å². The third kappa shape index (κ3) is 4.25. The van der Waals surface area contributed by atoms with Crippen molar-refractivity contribution in [3.05, 3.63) is 47.5 Å². The molecule has 0 unspecified atom stereocenters. The molecule has 1 aliphatic rings. The molecule has 0 spiro atoms. The number of aromatic nitrogens is 2. The Morgan fingerprint density at radius 2 is 1.75 bits per heavy atom. The fraction of sp³-hybridized carbons (Fsp3) is 0.316. The maximum atomic E-state index is 12.5. The Hall–Kier alpha value is -3.49. The SMILES string of the molecule is COc1ccc(C(=O)NC2CCCC2)cc1NC(=O)c1nccnc1C(=O)O. The van der Waals surface area contributed by atoms with Crippen molar-refractivity contribution in [2.45, 2.75) is 31.7 Å².